The van der Waals surface area contributed by atoms with Crippen molar-refractivity contribution in [3.8, 4) is 28.0 Å². The molecule has 188 valence electrons. The van der Waals surface area contributed by atoms with Crippen LogP contribution in [0, 0.1) is 5.41 Å². The monoisotopic (exact) mass is 507 g/mol. The SMILES string of the molecule is CCc1noc2c(-c3ccccc3)c(OCCCOOC(=O)C(C)(C)CCl)cc(-c3ccccc3)c12. The van der Waals surface area contributed by atoms with E-state index in [4.69, 9.17) is 30.6 Å². The average molecular weight is 508 g/mol. The second-order valence-corrected chi connectivity index (χ2v) is 9.40. The Balaban J connectivity index is 1.61. The molecule has 0 saturated heterocycles. The van der Waals surface area contributed by atoms with Crippen LogP contribution in [-0.4, -0.2) is 30.2 Å². The van der Waals surface area contributed by atoms with Crippen molar-refractivity contribution in [2.45, 2.75) is 33.6 Å². The molecule has 0 aliphatic heterocycles. The number of halogens is 1. The summed E-state index contributed by atoms with van der Waals surface area (Å²) in [6, 6.07) is 22.2. The van der Waals surface area contributed by atoms with Crippen LogP contribution < -0.4 is 4.74 Å². The Kier molecular flexibility index (Phi) is 8.28. The summed E-state index contributed by atoms with van der Waals surface area (Å²) in [5, 5.41) is 5.38. The molecule has 0 atom stereocenters. The average Bonchev–Trinajstić information content (AvgIpc) is 3.34. The van der Waals surface area contributed by atoms with Gasteiger partial charge in [0.05, 0.1) is 35.3 Å². The molecule has 1 aromatic heterocycles. The number of hydrogen-bond acceptors (Lipinski definition) is 6. The van der Waals surface area contributed by atoms with Gasteiger partial charge >= 0.3 is 5.97 Å². The molecule has 4 aromatic rings. The highest BCUT2D eigenvalue weighted by atomic mass is 35.5. The molecule has 36 heavy (non-hydrogen) atoms. The van der Waals surface area contributed by atoms with E-state index in [-0.39, 0.29) is 12.5 Å². The van der Waals surface area contributed by atoms with Crippen molar-refractivity contribution in [3.63, 3.8) is 0 Å². The van der Waals surface area contributed by atoms with Crippen LogP contribution in [0.1, 0.15) is 32.9 Å². The van der Waals surface area contributed by atoms with Crippen molar-refractivity contribution in [1.29, 1.82) is 0 Å². The summed E-state index contributed by atoms with van der Waals surface area (Å²) in [6.45, 7) is 6.02. The summed E-state index contributed by atoms with van der Waals surface area (Å²) in [5.41, 5.74) is 4.69. The number of hydrogen-bond donors (Lipinski definition) is 0. The molecule has 1 heterocycles. The second kappa shape index (κ2) is 11.6. The van der Waals surface area contributed by atoms with Gasteiger partial charge in [-0.25, -0.2) is 4.79 Å². The summed E-state index contributed by atoms with van der Waals surface area (Å²) >= 11 is 5.80. The van der Waals surface area contributed by atoms with Gasteiger partial charge in [-0.05, 0) is 43.0 Å². The summed E-state index contributed by atoms with van der Waals surface area (Å²) < 4.78 is 12.2. The van der Waals surface area contributed by atoms with Crippen LogP contribution in [0.15, 0.2) is 71.3 Å². The lowest BCUT2D eigenvalue weighted by Gasteiger charge is -2.18. The zero-order valence-corrected chi connectivity index (χ0v) is 21.5. The first-order chi connectivity index (χ1) is 17.5. The molecular weight excluding hydrogens is 478 g/mol. The van der Waals surface area contributed by atoms with Crippen LogP contribution in [0.4, 0.5) is 0 Å². The molecule has 0 amide bonds. The minimum absolute atomic E-state index is 0.147. The van der Waals surface area contributed by atoms with Crippen LogP contribution in [0.2, 0.25) is 0 Å². The van der Waals surface area contributed by atoms with Gasteiger partial charge in [0.15, 0.2) is 5.58 Å². The molecule has 0 aliphatic rings. The van der Waals surface area contributed by atoms with Gasteiger partial charge in [0.1, 0.15) is 5.75 Å². The molecule has 3 aromatic carbocycles. The van der Waals surface area contributed by atoms with E-state index in [1.807, 2.05) is 48.5 Å². The third kappa shape index (κ3) is 5.55. The predicted octanol–water partition coefficient (Wildman–Crippen LogP) is 7.23. The Morgan fingerprint density at radius 1 is 1.00 bits per heavy atom. The standard InChI is InChI=1S/C29H30ClNO5/c1-4-23-26-22(20-12-7-5-8-13-20)18-24(25(27(26)35-31-23)21-14-9-6-10-15-21)33-16-11-17-34-36-28(32)29(2,3)19-30/h5-10,12-15,18H,4,11,16-17,19H2,1-3H3. The number of benzene rings is 3. The smallest absolute Gasteiger partial charge is 0.349 e. The van der Waals surface area contributed by atoms with Crippen molar-refractivity contribution in [2.75, 3.05) is 19.1 Å². The van der Waals surface area contributed by atoms with E-state index in [1.165, 1.54) is 0 Å². The fourth-order valence-electron chi connectivity index (χ4n) is 3.80. The molecule has 0 bridgehead atoms. The Labute approximate surface area is 216 Å². The third-order valence-electron chi connectivity index (χ3n) is 5.91. The molecule has 0 fully saturated rings. The first-order valence-corrected chi connectivity index (χ1v) is 12.6. The molecule has 0 spiro atoms. The van der Waals surface area contributed by atoms with Gasteiger partial charge in [-0.15, -0.1) is 11.6 Å². The molecule has 0 N–H and O–H groups in total. The number of rotatable bonds is 11. The molecule has 6 nitrogen and oxygen atoms in total. The fourth-order valence-corrected chi connectivity index (χ4v) is 3.91. The Hall–Kier alpha value is -3.35. The van der Waals surface area contributed by atoms with Crippen molar-refractivity contribution in [2.24, 2.45) is 5.41 Å². The molecule has 0 radical (unpaired) electrons. The van der Waals surface area contributed by atoms with E-state index in [0.29, 0.717) is 24.4 Å². The highest BCUT2D eigenvalue weighted by molar-refractivity contribution is 6.19. The number of nitrogens with zero attached hydrogens (tertiary/aromatic N) is 1. The van der Waals surface area contributed by atoms with Gasteiger partial charge in [-0.1, -0.05) is 72.7 Å². The minimum atomic E-state index is -0.805. The van der Waals surface area contributed by atoms with Crippen molar-refractivity contribution < 1.29 is 23.8 Å². The maximum Gasteiger partial charge on any atom is 0.349 e. The first kappa shape index (κ1) is 25.7. The third-order valence-corrected chi connectivity index (χ3v) is 6.58. The number of alkyl halides is 1. The lowest BCUT2D eigenvalue weighted by atomic mass is 9.93. The Morgan fingerprint density at radius 2 is 1.67 bits per heavy atom. The van der Waals surface area contributed by atoms with E-state index >= 15 is 0 Å². The second-order valence-electron chi connectivity index (χ2n) is 9.13. The van der Waals surface area contributed by atoms with Gasteiger partial charge in [0.2, 0.25) is 0 Å². The Bertz CT molecular complexity index is 1300. The number of carbonyl (C=O) groups is 1. The van der Waals surface area contributed by atoms with Crippen LogP contribution in [0.5, 0.6) is 5.75 Å². The first-order valence-electron chi connectivity index (χ1n) is 12.0. The number of aromatic nitrogens is 1. The zero-order valence-electron chi connectivity index (χ0n) is 20.8. The van der Waals surface area contributed by atoms with Gasteiger partial charge in [0.25, 0.3) is 0 Å². The summed E-state index contributed by atoms with van der Waals surface area (Å²) in [5.74, 6) is 0.333. The summed E-state index contributed by atoms with van der Waals surface area (Å²) in [7, 11) is 0. The number of fused-ring (bicyclic) bond motifs is 1. The van der Waals surface area contributed by atoms with Crippen LogP contribution >= 0.6 is 11.6 Å². The summed E-state index contributed by atoms with van der Waals surface area (Å²) in [6.07, 6.45) is 1.26. The number of ether oxygens (including phenoxy) is 1. The van der Waals surface area contributed by atoms with Crippen molar-refractivity contribution in [1.82, 2.24) is 5.16 Å². The van der Waals surface area contributed by atoms with E-state index in [2.05, 4.69) is 30.3 Å². The largest absolute Gasteiger partial charge is 0.493 e. The maximum absolute atomic E-state index is 12.0. The normalized spacial score (nSPS) is 11.6. The van der Waals surface area contributed by atoms with E-state index in [1.54, 1.807) is 13.8 Å². The highest BCUT2D eigenvalue weighted by Gasteiger charge is 2.29. The van der Waals surface area contributed by atoms with Gasteiger partial charge in [-0.3, -0.25) is 4.89 Å². The lowest BCUT2D eigenvalue weighted by molar-refractivity contribution is -0.279. The van der Waals surface area contributed by atoms with Crippen LogP contribution in [-0.2, 0) is 21.0 Å². The van der Waals surface area contributed by atoms with Crippen LogP contribution in [0.3, 0.4) is 0 Å². The summed E-state index contributed by atoms with van der Waals surface area (Å²) in [4.78, 5) is 22.0. The highest BCUT2D eigenvalue weighted by Crippen LogP contribution is 2.44. The molecule has 4 rings (SSSR count). The van der Waals surface area contributed by atoms with Crippen LogP contribution in [0.25, 0.3) is 33.2 Å². The van der Waals surface area contributed by atoms with Gasteiger partial charge < -0.3 is 9.26 Å². The molecular formula is C29H30ClNO5. The zero-order chi connectivity index (χ0) is 25.5. The topological polar surface area (TPSA) is 70.8 Å². The predicted molar refractivity (Wildman–Crippen MR) is 141 cm³/mol. The number of aryl methyl sites for hydroxylation is 1. The van der Waals surface area contributed by atoms with Gasteiger partial charge in [-0.2, -0.15) is 4.89 Å². The lowest BCUT2D eigenvalue weighted by Crippen LogP contribution is -2.28. The number of carbonyl (C=O) groups excluding carboxylic acids is 1. The van der Waals surface area contributed by atoms with Crippen molar-refractivity contribution >= 4 is 28.5 Å². The van der Waals surface area contributed by atoms with Crippen molar-refractivity contribution in [3.05, 3.63) is 72.4 Å². The fraction of sp³-hybridized carbons (Fsp3) is 0.310. The minimum Gasteiger partial charge on any atom is -0.493 e. The quantitative estimate of drug-likeness (QED) is 0.0922. The van der Waals surface area contributed by atoms with E-state index in [9.17, 15) is 4.79 Å². The van der Waals surface area contributed by atoms with Gasteiger partial charge in [0, 0.05) is 12.3 Å². The molecule has 0 unspecified atom stereocenters. The van der Waals surface area contributed by atoms with E-state index < -0.39 is 11.4 Å². The molecule has 7 heteroatoms. The molecule has 0 aliphatic carbocycles. The molecule has 0 saturated carbocycles. The van der Waals surface area contributed by atoms with E-state index in [0.717, 1.165) is 39.8 Å². The Morgan fingerprint density at radius 3 is 2.31 bits per heavy atom. The maximum atomic E-state index is 12.0.